The SMILES string of the molecule is CCCCc1ccc(C(=O)COC(=O)CN2C(=O)NC3(CCCCC3C)C2=O)cc1. The Balaban J connectivity index is 1.52. The summed E-state index contributed by atoms with van der Waals surface area (Å²) in [5.74, 6) is -1.44. The van der Waals surface area contributed by atoms with Gasteiger partial charge in [0.05, 0.1) is 0 Å². The molecule has 1 saturated carbocycles. The Labute approximate surface area is 177 Å². The summed E-state index contributed by atoms with van der Waals surface area (Å²) < 4.78 is 5.05. The van der Waals surface area contributed by atoms with Crippen LogP contribution in [0.15, 0.2) is 24.3 Å². The standard InChI is InChI=1S/C23H30N2O5/c1-3-4-8-17-9-11-18(12-10-17)19(26)15-30-20(27)14-25-21(28)23(24-22(25)29)13-6-5-7-16(23)2/h9-12,16H,3-8,13-15H2,1-2H3,(H,24,29). The third kappa shape index (κ3) is 4.55. The molecule has 1 aromatic rings. The Bertz CT molecular complexity index is 819. The minimum atomic E-state index is -0.912. The normalized spacial score (nSPS) is 23.5. The number of carbonyl (C=O) groups excluding carboxylic acids is 4. The van der Waals surface area contributed by atoms with E-state index in [4.69, 9.17) is 4.74 Å². The molecule has 3 rings (SSSR count). The largest absolute Gasteiger partial charge is 0.456 e. The van der Waals surface area contributed by atoms with Crippen molar-refractivity contribution in [1.29, 1.82) is 0 Å². The number of Topliss-reactive ketones (excluding diaryl/α,β-unsaturated/α-hetero) is 1. The summed E-state index contributed by atoms with van der Waals surface area (Å²) in [7, 11) is 0. The van der Waals surface area contributed by atoms with Gasteiger partial charge in [-0.2, -0.15) is 0 Å². The number of aryl methyl sites for hydroxylation is 1. The monoisotopic (exact) mass is 414 g/mol. The van der Waals surface area contributed by atoms with E-state index in [-0.39, 0.29) is 17.6 Å². The third-order valence-corrected chi connectivity index (χ3v) is 6.25. The summed E-state index contributed by atoms with van der Waals surface area (Å²) in [6.07, 6.45) is 6.48. The maximum atomic E-state index is 12.9. The molecule has 0 aromatic heterocycles. The second-order valence-corrected chi connectivity index (χ2v) is 8.32. The van der Waals surface area contributed by atoms with E-state index in [0.717, 1.165) is 49.0 Å². The lowest BCUT2D eigenvalue weighted by atomic mass is 9.73. The van der Waals surface area contributed by atoms with Gasteiger partial charge in [0.15, 0.2) is 12.4 Å². The van der Waals surface area contributed by atoms with E-state index in [2.05, 4.69) is 12.2 Å². The minimum absolute atomic E-state index is 0.0191. The Morgan fingerprint density at radius 3 is 2.60 bits per heavy atom. The first-order valence-corrected chi connectivity index (χ1v) is 10.8. The van der Waals surface area contributed by atoms with E-state index in [1.807, 2.05) is 19.1 Å². The molecule has 1 aliphatic carbocycles. The second-order valence-electron chi connectivity index (χ2n) is 8.32. The van der Waals surface area contributed by atoms with Gasteiger partial charge in [-0.15, -0.1) is 0 Å². The summed E-state index contributed by atoms with van der Waals surface area (Å²) in [5.41, 5.74) is 0.716. The highest BCUT2D eigenvalue weighted by atomic mass is 16.5. The maximum absolute atomic E-state index is 12.9. The lowest BCUT2D eigenvalue weighted by molar-refractivity contribution is -0.147. The maximum Gasteiger partial charge on any atom is 0.326 e. The molecule has 2 aliphatic rings. The number of hydrogen-bond acceptors (Lipinski definition) is 5. The molecule has 3 amide bonds. The summed E-state index contributed by atoms with van der Waals surface area (Å²) in [4.78, 5) is 50.6. The molecule has 2 atom stereocenters. The van der Waals surface area contributed by atoms with Crippen LogP contribution in [0.4, 0.5) is 4.79 Å². The van der Waals surface area contributed by atoms with Crippen molar-refractivity contribution in [2.24, 2.45) is 5.92 Å². The number of ether oxygens (including phenoxy) is 1. The first-order valence-electron chi connectivity index (χ1n) is 10.8. The summed E-state index contributed by atoms with van der Waals surface area (Å²) >= 11 is 0. The highest BCUT2D eigenvalue weighted by Crippen LogP contribution is 2.38. The number of amides is 3. The van der Waals surface area contributed by atoms with Gasteiger partial charge in [0, 0.05) is 5.56 Å². The van der Waals surface area contributed by atoms with Crippen molar-refractivity contribution in [2.45, 2.75) is 64.3 Å². The number of esters is 1. The zero-order chi connectivity index (χ0) is 21.7. The van der Waals surface area contributed by atoms with Crippen LogP contribution in [0.25, 0.3) is 0 Å². The summed E-state index contributed by atoms with van der Waals surface area (Å²) in [5, 5.41) is 2.80. The van der Waals surface area contributed by atoms with Crippen molar-refractivity contribution >= 4 is 23.7 Å². The molecule has 1 N–H and O–H groups in total. The van der Waals surface area contributed by atoms with E-state index >= 15 is 0 Å². The molecule has 0 bridgehead atoms. The summed E-state index contributed by atoms with van der Waals surface area (Å²) in [6.45, 7) is 3.17. The second kappa shape index (κ2) is 9.41. The molecule has 1 aromatic carbocycles. The fourth-order valence-corrected chi connectivity index (χ4v) is 4.28. The highest BCUT2D eigenvalue weighted by Gasteiger charge is 2.55. The fraction of sp³-hybridized carbons (Fsp3) is 0.565. The predicted octanol–water partition coefficient (Wildman–Crippen LogP) is 3.26. The average molecular weight is 415 g/mol. The number of imide groups is 1. The van der Waals surface area contributed by atoms with Crippen molar-refractivity contribution in [3.63, 3.8) is 0 Å². The first kappa shape index (κ1) is 22.0. The van der Waals surface area contributed by atoms with Crippen LogP contribution in [0.1, 0.15) is 68.3 Å². The fourth-order valence-electron chi connectivity index (χ4n) is 4.28. The van der Waals surface area contributed by atoms with Crippen molar-refractivity contribution in [1.82, 2.24) is 10.2 Å². The van der Waals surface area contributed by atoms with Gasteiger partial charge >= 0.3 is 12.0 Å². The van der Waals surface area contributed by atoms with Crippen LogP contribution in [0, 0.1) is 5.92 Å². The quantitative estimate of drug-likeness (QED) is 0.400. The molecule has 1 aliphatic heterocycles. The number of urea groups is 1. The number of rotatable bonds is 8. The molecule has 1 heterocycles. The first-order chi connectivity index (χ1) is 14.4. The van der Waals surface area contributed by atoms with E-state index in [1.54, 1.807) is 12.1 Å². The van der Waals surface area contributed by atoms with Gasteiger partial charge in [-0.1, -0.05) is 57.4 Å². The number of benzene rings is 1. The van der Waals surface area contributed by atoms with Crippen molar-refractivity contribution < 1.29 is 23.9 Å². The van der Waals surface area contributed by atoms with Crippen LogP contribution in [-0.2, 0) is 20.7 Å². The molecule has 2 fully saturated rings. The molecule has 7 heteroatoms. The molecular weight excluding hydrogens is 384 g/mol. The van der Waals surface area contributed by atoms with Crippen LogP contribution in [0.3, 0.4) is 0 Å². The van der Waals surface area contributed by atoms with Gasteiger partial charge in [0.1, 0.15) is 12.1 Å². The molecule has 1 saturated heterocycles. The molecule has 1 spiro atoms. The zero-order valence-corrected chi connectivity index (χ0v) is 17.7. The lowest BCUT2D eigenvalue weighted by Crippen LogP contribution is -2.54. The molecule has 2 unspecified atom stereocenters. The van der Waals surface area contributed by atoms with E-state index < -0.39 is 30.7 Å². The zero-order valence-electron chi connectivity index (χ0n) is 17.7. The molecule has 0 radical (unpaired) electrons. The molecule has 162 valence electrons. The number of nitrogens with one attached hydrogen (secondary N) is 1. The van der Waals surface area contributed by atoms with E-state index in [9.17, 15) is 19.2 Å². The number of carbonyl (C=O) groups is 4. The van der Waals surface area contributed by atoms with E-state index in [0.29, 0.717) is 12.0 Å². The van der Waals surface area contributed by atoms with Crippen molar-refractivity contribution in [3.8, 4) is 0 Å². The smallest absolute Gasteiger partial charge is 0.326 e. The van der Waals surface area contributed by atoms with Gasteiger partial charge in [-0.3, -0.25) is 19.3 Å². The van der Waals surface area contributed by atoms with Crippen molar-refractivity contribution in [3.05, 3.63) is 35.4 Å². The van der Waals surface area contributed by atoms with Gasteiger partial charge in [-0.05, 0) is 37.2 Å². The van der Waals surface area contributed by atoms with Crippen LogP contribution in [0.5, 0.6) is 0 Å². The average Bonchev–Trinajstić information content (AvgIpc) is 2.98. The van der Waals surface area contributed by atoms with E-state index in [1.165, 1.54) is 0 Å². The number of unbranched alkanes of at least 4 members (excludes halogenated alkanes) is 1. The molecule has 7 nitrogen and oxygen atoms in total. The highest BCUT2D eigenvalue weighted by molar-refractivity contribution is 6.09. The van der Waals surface area contributed by atoms with Crippen LogP contribution in [-0.4, -0.2) is 47.3 Å². The van der Waals surface area contributed by atoms with Gasteiger partial charge in [-0.25, -0.2) is 4.79 Å². The van der Waals surface area contributed by atoms with Gasteiger partial charge in [0.2, 0.25) is 0 Å². The van der Waals surface area contributed by atoms with Gasteiger partial charge in [0.25, 0.3) is 5.91 Å². The number of hydrogen-bond donors (Lipinski definition) is 1. The Kier molecular flexibility index (Phi) is 6.90. The molecule has 30 heavy (non-hydrogen) atoms. The van der Waals surface area contributed by atoms with Crippen LogP contribution < -0.4 is 5.32 Å². The minimum Gasteiger partial charge on any atom is -0.456 e. The Morgan fingerprint density at radius 1 is 1.20 bits per heavy atom. The Morgan fingerprint density at radius 2 is 1.93 bits per heavy atom. The van der Waals surface area contributed by atoms with Gasteiger partial charge < -0.3 is 10.1 Å². The van der Waals surface area contributed by atoms with Crippen LogP contribution >= 0.6 is 0 Å². The van der Waals surface area contributed by atoms with Crippen LogP contribution in [0.2, 0.25) is 0 Å². The number of ketones is 1. The predicted molar refractivity (Wildman–Crippen MR) is 111 cm³/mol. The number of nitrogens with zero attached hydrogens (tertiary/aromatic N) is 1. The lowest BCUT2D eigenvalue weighted by Gasteiger charge is -2.36. The Hall–Kier alpha value is -2.70. The summed E-state index contributed by atoms with van der Waals surface area (Å²) in [6, 6.07) is 6.70. The van der Waals surface area contributed by atoms with Crippen molar-refractivity contribution in [2.75, 3.05) is 13.2 Å². The molecular formula is C23H30N2O5. The third-order valence-electron chi connectivity index (χ3n) is 6.25. The topological polar surface area (TPSA) is 92.8 Å².